The van der Waals surface area contributed by atoms with E-state index in [2.05, 4.69) is 21.1 Å². The number of nitrogens with two attached hydrogens (primary N) is 1. The fraction of sp³-hybridized carbons (Fsp3) is 0.429. The van der Waals surface area contributed by atoms with Crippen LogP contribution in [0.15, 0.2) is 29.3 Å². The van der Waals surface area contributed by atoms with E-state index in [0.717, 1.165) is 17.8 Å². The lowest BCUT2D eigenvalue weighted by atomic mass is 10.3. The fourth-order valence-corrected chi connectivity index (χ4v) is 1.60. The first-order valence-corrected chi connectivity index (χ1v) is 6.89. The van der Waals surface area contributed by atoms with Gasteiger partial charge in [-0.05, 0) is 37.6 Å². The van der Waals surface area contributed by atoms with Gasteiger partial charge in [-0.3, -0.25) is 15.2 Å². The van der Waals surface area contributed by atoms with Crippen LogP contribution in [0.25, 0.3) is 0 Å². The van der Waals surface area contributed by atoms with Crippen LogP contribution in [0, 0.1) is 0 Å². The second-order valence-corrected chi connectivity index (χ2v) is 4.31. The molecular formula is C14H23N5O2. The predicted molar refractivity (Wildman–Crippen MR) is 85.1 cm³/mol. The number of hydrogen-bond acceptors (Lipinski definition) is 4. The number of benzene rings is 1. The van der Waals surface area contributed by atoms with E-state index >= 15 is 0 Å². The fourth-order valence-electron chi connectivity index (χ4n) is 1.60. The molecule has 0 spiro atoms. The molecule has 1 aromatic carbocycles. The lowest BCUT2D eigenvalue weighted by Gasteiger charge is -2.10. The maximum Gasteiger partial charge on any atom is 0.221 e. The molecule has 1 amide bonds. The normalized spacial score (nSPS) is 11.1. The SMILES string of the molecule is CCOCCCN=C(NN)Nc1ccc(NC(C)=O)cc1. The molecule has 0 saturated carbocycles. The van der Waals surface area contributed by atoms with Gasteiger partial charge >= 0.3 is 0 Å². The van der Waals surface area contributed by atoms with Gasteiger partial charge in [-0.1, -0.05) is 0 Å². The molecule has 21 heavy (non-hydrogen) atoms. The first kappa shape index (κ1) is 16.9. The number of amides is 1. The zero-order valence-corrected chi connectivity index (χ0v) is 12.5. The number of carbonyl (C=O) groups is 1. The van der Waals surface area contributed by atoms with Crippen molar-refractivity contribution in [3.05, 3.63) is 24.3 Å². The molecule has 0 fully saturated rings. The summed E-state index contributed by atoms with van der Waals surface area (Å²) in [7, 11) is 0. The molecule has 0 unspecified atom stereocenters. The van der Waals surface area contributed by atoms with Crippen LogP contribution in [-0.4, -0.2) is 31.6 Å². The van der Waals surface area contributed by atoms with Crippen LogP contribution < -0.4 is 21.9 Å². The first-order valence-electron chi connectivity index (χ1n) is 6.89. The second-order valence-electron chi connectivity index (χ2n) is 4.31. The lowest BCUT2D eigenvalue weighted by molar-refractivity contribution is -0.114. The van der Waals surface area contributed by atoms with E-state index in [4.69, 9.17) is 10.6 Å². The number of aliphatic imine (C=N–C) groups is 1. The molecule has 1 rings (SSSR count). The molecule has 0 aliphatic rings. The van der Waals surface area contributed by atoms with Crippen molar-refractivity contribution in [2.75, 3.05) is 30.4 Å². The monoisotopic (exact) mass is 293 g/mol. The lowest BCUT2D eigenvalue weighted by Crippen LogP contribution is -2.36. The summed E-state index contributed by atoms with van der Waals surface area (Å²) in [6, 6.07) is 7.26. The highest BCUT2D eigenvalue weighted by atomic mass is 16.5. The van der Waals surface area contributed by atoms with Gasteiger partial charge in [0.25, 0.3) is 0 Å². The van der Waals surface area contributed by atoms with E-state index < -0.39 is 0 Å². The number of guanidine groups is 1. The van der Waals surface area contributed by atoms with Gasteiger partial charge in [-0.15, -0.1) is 0 Å². The molecule has 0 saturated heterocycles. The van der Waals surface area contributed by atoms with Crippen LogP contribution in [0.4, 0.5) is 11.4 Å². The maximum absolute atomic E-state index is 10.9. The number of ether oxygens (including phenoxy) is 1. The van der Waals surface area contributed by atoms with Crippen molar-refractivity contribution in [2.24, 2.45) is 10.8 Å². The highest BCUT2D eigenvalue weighted by Crippen LogP contribution is 2.13. The van der Waals surface area contributed by atoms with Gasteiger partial charge in [-0.2, -0.15) is 0 Å². The van der Waals surface area contributed by atoms with E-state index in [1.807, 2.05) is 19.1 Å². The maximum atomic E-state index is 10.9. The Morgan fingerprint density at radius 2 is 1.86 bits per heavy atom. The van der Waals surface area contributed by atoms with Crippen molar-refractivity contribution in [2.45, 2.75) is 20.3 Å². The summed E-state index contributed by atoms with van der Waals surface area (Å²) >= 11 is 0. The Labute approximate surface area is 124 Å². The van der Waals surface area contributed by atoms with Crippen molar-refractivity contribution < 1.29 is 9.53 Å². The molecule has 7 nitrogen and oxygen atoms in total. The van der Waals surface area contributed by atoms with Crippen molar-refractivity contribution in [3.8, 4) is 0 Å². The highest BCUT2D eigenvalue weighted by Gasteiger charge is 1.99. The smallest absolute Gasteiger partial charge is 0.221 e. The number of rotatable bonds is 7. The summed E-state index contributed by atoms with van der Waals surface area (Å²) in [4.78, 5) is 15.2. The molecule has 0 bridgehead atoms. The largest absolute Gasteiger partial charge is 0.382 e. The van der Waals surface area contributed by atoms with Gasteiger partial charge in [0.2, 0.25) is 11.9 Å². The quantitative estimate of drug-likeness (QED) is 0.200. The van der Waals surface area contributed by atoms with Crippen molar-refractivity contribution in [3.63, 3.8) is 0 Å². The molecule has 0 atom stereocenters. The van der Waals surface area contributed by atoms with E-state index in [9.17, 15) is 4.79 Å². The van der Waals surface area contributed by atoms with Gasteiger partial charge < -0.3 is 15.4 Å². The zero-order valence-electron chi connectivity index (χ0n) is 12.5. The molecule has 0 aliphatic heterocycles. The van der Waals surface area contributed by atoms with Gasteiger partial charge in [0, 0.05) is 38.1 Å². The molecule has 0 aromatic heterocycles. The van der Waals surface area contributed by atoms with Crippen LogP contribution >= 0.6 is 0 Å². The molecule has 116 valence electrons. The third-order valence-electron chi connectivity index (χ3n) is 2.53. The Hall–Kier alpha value is -2.12. The number of hydrogen-bond donors (Lipinski definition) is 4. The Bertz CT molecular complexity index is 459. The van der Waals surface area contributed by atoms with E-state index in [0.29, 0.717) is 25.7 Å². The van der Waals surface area contributed by atoms with E-state index in [1.54, 1.807) is 12.1 Å². The van der Waals surface area contributed by atoms with Gasteiger partial charge in [0.1, 0.15) is 0 Å². The summed E-state index contributed by atoms with van der Waals surface area (Å²) in [5.74, 6) is 5.81. The van der Waals surface area contributed by atoms with Crippen LogP contribution in [-0.2, 0) is 9.53 Å². The highest BCUT2D eigenvalue weighted by molar-refractivity contribution is 5.94. The summed E-state index contributed by atoms with van der Waals surface area (Å²) < 4.78 is 5.24. The number of carbonyl (C=O) groups excluding carboxylic acids is 1. The summed E-state index contributed by atoms with van der Waals surface area (Å²) in [5, 5.41) is 5.76. The summed E-state index contributed by atoms with van der Waals surface area (Å²) in [6.07, 6.45) is 0.835. The Kier molecular flexibility index (Phi) is 7.85. The minimum atomic E-state index is -0.101. The predicted octanol–water partition coefficient (Wildman–Crippen LogP) is 1.30. The standard InChI is InChI=1S/C14H23N5O2/c1-3-21-10-4-9-16-14(19-15)18-13-7-5-12(6-8-13)17-11(2)20/h5-8H,3-4,9-10,15H2,1-2H3,(H,17,20)(H2,16,18,19). The van der Waals surface area contributed by atoms with E-state index in [-0.39, 0.29) is 5.91 Å². The van der Waals surface area contributed by atoms with Gasteiger partial charge in [0.15, 0.2) is 0 Å². The molecule has 0 radical (unpaired) electrons. The van der Waals surface area contributed by atoms with Crippen LogP contribution in [0.3, 0.4) is 0 Å². The topological polar surface area (TPSA) is 101 Å². The van der Waals surface area contributed by atoms with Crippen LogP contribution in [0.1, 0.15) is 20.3 Å². The van der Waals surface area contributed by atoms with E-state index in [1.165, 1.54) is 6.92 Å². The van der Waals surface area contributed by atoms with Gasteiger partial charge in [0.05, 0.1) is 0 Å². The third kappa shape index (κ3) is 7.28. The number of nitrogens with one attached hydrogen (secondary N) is 3. The van der Waals surface area contributed by atoms with Crippen LogP contribution in [0.2, 0.25) is 0 Å². The van der Waals surface area contributed by atoms with Crippen molar-refractivity contribution in [1.82, 2.24) is 5.43 Å². The van der Waals surface area contributed by atoms with Crippen molar-refractivity contribution >= 4 is 23.2 Å². The Morgan fingerprint density at radius 1 is 1.24 bits per heavy atom. The molecule has 1 aromatic rings. The molecule has 7 heteroatoms. The molecule has 5 N–H and O–H groups in total. The van der Waals surface area contributed by atoms with Crippen LogP contribution in [0.5, 0.6) is 0 Å². The zero-order chi connectivity index (χ0) is 15.5. The minimum absolute atomic E-state index is 0.101. The van der Waals surface area contributed by atoms with Gasteiger partial charge in [-0.25, -0.2) is 5.84 Å². The molecule has 0 heterocycles. The minimum Gasteiger partial charge on any atom is -0.382 e. The average Bonchev–Trinajstić information content (AvgIpc) is 2.47. The molecular weight excluding hydrogens is 270 g/mol. The number of hydrazine groups is 1. The first-order chi connectivity index (χ1) is 10.2. The Balaban J connectivity index is 2.48. The number of anilines is 2. The number of nitrogens with zero attached hydrogens (tertiary/aromatic N) is 1. The Morgan fingerprint density at radius 3 is 2.38 bits per heavy atom. The van der Waals surface area contributed by atoms with Crippen molar-refractivity contribution in [1.29, 1.82) is 0 Å². The summed E-state index contributed by atoms with van der Waals surface area (Å²) in [5.41, 5.74) is 4.08. The second kappa shape index (κ2) is 9.73. The average molecular weight is 293 g/mol. The molecule has 0 aliphatic carbocycles. The summed E-state index contributed by atoms with van der Waals surface area (Å²) in [6.45, 7) is 5.45. The third-order valence-corrected chi connectivity index (χ3v) is 2.53.